The third-order valence-electron chi connectivity index (χ3n) is 6.48. The molecule has 0 radical (unpaired) electrons. The number of primary amides is 2. The first-order chi connectivity index (χ1) is 6.62. The normalized spacial score (nSPS) is 76.9. The molecule has 2 amide bonds. The SMILES string of the molecule is NC(=O)C12C3C4C1C1C2C3C41C(N)=O. The molecule has 6 fully saturated rings. The highest BCUT2D eigenvalue weighted by Gasteiger charge is 3.12. The summed E-state index contributed by atoms with van der Waals surface area (Å²) in [5, 5.41) is 0. The molecule has 4 N–H and O–H groups in total. The van der Waals surface area contributed by atoms with Gasteiger partial charge >= 0.3 is 0 Å². The van der Waals surface area contributed by atoms with Crippen LogP contribution in [0, 0.1) is 46.3 Å². The third kappa shape index (κ3) is 0.215. The standard InChI is InChI=1S/C10H10N2O2/c11-7(13)9-1-2-4(9)6-5(9)3(1)10(2,6)8(12)14/h1-6H,(H2,11,13)(H2,12,14). The molecule has 0 atom stereocenters. The molecule has 0 spiro atoms. The predicted octanol–water partition coefficient (Wildman–Crippen LogP) is -1.30. The summed E-state index contributed by atoms with van der Waals surface area (Å²) < 4.78 is 0. The highest BCUT2D eigenvalue weighted by molar-refractivity contribution is 5.99. The monoisotopic (exact) mass is 190 g/mol. The third-order valence-corrected chi connectivity index (χ3v) is 6.48. The Bertz CT molecular complexity index is 359. The van der Waals surface area contributed by atoms with Crippen molar-refractivity contribution in [2.24, 2.45) is 57.8 Å². The average molecular weight is 190 g/mol. The molecule has 0 saturated heterocycles. The minimum Gasteiger partial charge on any atom is -0.369 e. The topological polar surface area (TPSA) is 86.2 Å². The minimum atomic E-state index is -0.142. The molecule has 0 bridgehead atoms. The van der Waals surface area contributed by atoms with Crippen LogP contribution >= 0.6 is 0 Å². The number of hydrogen-bond donors (Lipinski definition) is 2. The van der Waals surface area contributed by atoms with E-state index in [1.54, 1.807) is 0 Å². The van der Waals surface area contributed by atoms with Gasteiger partial charge < -0.3 is 11.5 Å². The van der Waals surface area contributed by atoms with Gasteiger partial charge in [0.1, 0.15) is 0 Å². The van der Waals surface area contributed by atoms with Crippen molar-refractivity contribution in [1.82, 2.24) is 0 Å². The lowest BCUT2D eigenvalue weighted by Gasteiger charge is -3.09. The van der Waals surface area contributed by atoms with Gasteiger partial charge in [-0.3, -0.25) is 9.59 Å². The van der Waals surface area contributed by atoms with Gasteiger partial charge in [-0.1, -0.05) is 0 Å². The second-order valence-corrected chi connectivity index (χ2v) is 5.75. The van der Waals surface area contributed by atoms with Crippen LogP contribution in [0.3, 0.4) is 0 Å². The van der Waals surface area contributed by atoms with Crippen LogP contribution in [-0.2, 0) is 9.59 Å². The van der Waals surface area contributed by atoms with E-state index < -0.39 is 0 Å². The second-order valence-electron chi connectivity index (χ2n) is 5.75. The van der Waals surface area contributed by atoms with Crippen molar-refractivity contribution < 1.29 is 9.59 Å². The Balaban J connectivity index is 1.66. The van der Waals surface area contributed by atoms with Crippen LogP contribution in [0.2, 0.25) is 0 Å². The van der Waals surface area contributed by atoms with Crippen molar-refractivity contribution in [1.29, 1.82) is 0 Å². The van der Waals surface area contributed by atoms with Crippen molar-refractivity contribution in [3.63, 3.8) is 0 Å². The molecular formula is C10H10N2O2. The zero-order valence-electron chi connectivity index (χ0n) is 7.44. The Morgan fingerprint density at radius 3 is 1.07 bits per heavy atom. The van der Waals surface area contributed by atoms with Gasteiger partial charge in [0.05, 0.1) is 10.8 Å². The summed E-state index contributed by atoms with van der Waals surface area (Å²) in [5.41, 5.74) is 10.6. The lowest BCUT2D eigenvalue weighted by Crippen LogP contribution is -3.12. The Labute approximate surface area is 80.0 Å². The van der Waals surface area contributed by atoms with Gasteiger partial charge in [0.25, 0.3) is 0 Å². The Morgan fingerprint density at radius 2 is 0.929 bits per heavy atom. The van der Waals surface area contributed by atoms with Gasteiger partial charge in [-0.15, -0.1) is 0 Å². The fourth-order valence-corrected chi connectivity index (χ4v) is 6.51. The maximum atomic E-state index is 11.4. The number of rotatable bonds is 2. The van der Waals surface area contributed by atoms with E-state index in [0.29, 0.717) is 35.5 Å². The molecule has 6 aliphatic rings. The first-order valence-corrected chi connectivity index (χ1v) is 5.22. The fourth-order valence-electron chi connectivity index (χ4n) is 6.51. The van der Waals surface area contributed by atoms with E-state index in [4.69, 9.17) is 11.5 Å². The number of carbonyl (C=O) groups is 2. The Morgan fingerprint density at radius 1 is 0.714 bits per heavy atom. The van der Waals surface area contributed by atoms with E-state index in [1.165, 1.54) is 0 Å². The van der Waals surface area contributed by atoms with Crippen molar-refractivity contribution in [2.75, 3.05) is 0 Å². The molecule has 4 heteroatoms. The Hall–Kier alpha value is -1.06. The van der Waals surface area contributed by atoms with Crippen LogP contribution in [0.15, 0.2) is 0 Å². The molecule has 0 unspecified atom stereocenters. The van der Waals surface area contributed by atoms with Gasteiger partial charge in [-0.25, -0.2) is 0 Å². The van der Waals surface area contributed by atoms with E-state index in [-0.39, 0.29) is 22.6 Å². The molecule has 0 heterocycles. The van der Waals surface area contributed by atoms with E-state index in [2.05, 4.69) is 0 Å². The highest BCUT2D eigenvalue weighted by Crippen LogP contribution is 3.10. The van der Waals surface area contributed by atoms with Crippen molar-refractivity contribution in [3.05, 3.63) is 0 Å². The summed E-state index contributed by atoms with van der Waals surface area (Å²) in [7, 11) is 0. The number of nitrogens with two attached hydrogens (primary N) is 2. The van der Waals surface area contributed by atoms with Gasteiger partial charge in [-0.05, 0) is 35.5 Å². The average Bonchev–Trinajstić information content (AvgIpc) is 2.16. The summed E-state index contributed by atoms with van der Waals surface area (Å²) >= 11 is 0. The largest absolute Gasteiger partial charge is 0.369 e. The minimum absolute atomic E-state index is 0.112. The van der Waals surface area contributed by atoms with E-state index in [1.807, 2.05) is 0 Å². The molecule has 4 nitrogen and oxygen atoms in total. The summed E-state index contributed by atoms with van der Waals surface area (Å²) in [4.78, 5) is 22.7. The molecule has 14 heavy (non-hydrogen) atoms. The van der Waals surface area contributed by atoms with Crippen LogP contribution in [0.4, 0.5) is 0 Å². The molecule has 72 valence electrons. The number of hydrogen-bond acceptors (Lipinski definition) is 2. The maximum absolute atomic E-state index is 11.4. The van der Waals surface area contributed by atoms with Crippen LogP contribution in [-0.4, -0.2) is 11.8 Å². The summed E-state index contributed by atoms with van der Waals surface area (Å²) in [5.74, 6) is 2.48. The molecule has 0 aliphatic heterocycles. The predicted molar refractivity (Wildman–Crippen MR) is 44.2 cm³/mol. The van der Waals surface area contributed by atoms with Crippen molar-refractivity contribution >= 4 is 11.8 Å². The van der Waals surface area contributed by atoms with E-state index in [9.17, 15) is 9.59 Å². The first kappa shape index (κ1) is 6.43. The van der Waals surface area contributed by atoms with Crippen LogP contribution in [0.5, 0.6) is 0 Å². The van der Waals surface area contributed by atoms with Gasteiger partial charge in [0, 0.05) is 0 Å². The molecular weight excluding hydrogens is 180 g/mol. The molecule has 0 aromatic rings. The smallest absolute Gasteiger partial charge is 0.224 e. The van der Waals surface area contributed by atoms with E-state index >= 15 is 0 Å². The van der Waals surface area contributed by atoms with Crippen LogP contribution in [0.1, 0.15) is 0 Å². The lowest BCUT2D eigenvalue weighted by atomic mass is 8.92. The van der Waals surface area contributed by atoms with Crippen molar-refractivity contribution in [3.8, 4) is 0 Å². The maximum Gasteiger partial charge on any atom is 0.224 e. The lowest BCUT2D eigenvalue weighted by molar-refractivity contribution is -0.623. The molecule has 6 aliphatic carbocycles. The van der Waals surface area contributed by atoms with Crippen molar-refractivity contribution in [2.45, 2.75) is 0 Å². The summed E-state index contributed by atoms with van der Waals surface area (Å²) in [6.07, 6.45) is 0. The van der Waals surface area contributed by atoms with Crippen LogP contribution in [0.25, 0.3) is 0 Å². The fraction of sp³-hybridized carbons (Fsp3) is 0.800. The van der Waals surface area contributed by atoms with Crippen LogP contribution < -0.4 is 11.5 Å². The second kappa shape index (κ2) is 1.17. The number of amides is 2. The first-order valence-electron chi connectivity index (χ1n) is 5.22. The highest BCUT2D eigenvalue weighted by atomic mass is 16.2. The van der Waals surface area contributed by atoms with E-state index in [0.717, 1.165) is 0 Å². The quantitative estimate of drug-likeness (QED) is 0.566. The summed E-state index contributed by atoms with van der Waals surface area (Å²) in [6, 6.07) is 0. The Kier molecular flexibility index (Phi) is 0.538. The van der Waals surface area contributed by atoms with Gasteiger partial charge in [-0.2, -0.15) is 0 Å². The molecule has 0 aromatic heterocycles. The zero-order chi connectivity index (χ0) is 9.62. The molecule has 6 rings (SSSR count). The molecule has 6 saturated carbocycles. The van der Waals surface area contributed by atoms with Gasteiger partial charge in [0.2, 0.25) is 11.8 Å². The summed E-state index contributed by atoms with van der Waals surface area (Å²) in [6.45, 7) is 0. The zero-order valence-corrected chi connectivity index (χ0v) is 7.44. The van der Waals surface area contributed by atoms with Gasteiger partial charge in [0.15, 0.2) is 0 Å². The number of carbonyl (C=O) groups excluding carboxylic acids is 2. The molecule has 0 aromatic carbocycles.